The van der Waals surface area contributed by atoms with E-state index in [1.165, 1.54) is 35.6 Å². The van der Waals surface area contributed by atoms with Gasteiger partial charge in [0.05, 0.1) is 6.04 Å². The number of nitrogens with one attached hydrogen (secondary N) is 1. The molecular weight excluding hydrogens is 319 g/mol. The lowest BCUT2D eigenvalue weighted by molar-refractivity contribution is -0.0328. The van der Waals surface area contributed by atoms with Crippen molar-refractivity contribution in [3.05, 3.63) is 52.2 Å². The number of hydrogen-bond acceptors (Lipinski definition) is 3. The molecule has 0 spiro atoms. The molecule has 1 N–H and O–H groups in total. The molecule has 1 aromatic carbocycles. The highest BCUT2D eigenvalue weighted by molar-refractivity contribution is 8.00. The highest BCUT2D eigenvalue weighted by atomic mass is 32.2. The van der Waals surface area contributed by atoms with Gasteiger partial charge >= 0.3 is 5.51 Å². The maximum absolute atomic E-state index is 12.2. The molecule has 0 saturated carbocycles. The van der Waals surface area contributed by atoms with E-state index in [9.17, 15) is 18.0 Å². The van der Waals surface area contributed by atoms with Crippen molar-refractivity contribution in [2.75, 3.05) is 0 Å². The Morgan fingerprint density at radius 3 is 2.43 bits per heavy atom. The summed E-state index contributed by atoms with van der Waals surface area (Å²) < 4.78 is 36.6. The standard InChI is InChI=1S/C14H12F3NOS2/c1-9(12-3-2-8-20-12)18-13(19)10-4-6-11(7-5-10)21-14(15,16)17/h2-9H,1H3,(H,18,19). The third kappa shape index (κ3) is 4.78. The topological polar surface area (TPSA) is 29.1 Å². The lowest BCUT2D eigenvalue weighted by atomic mass is 10.2. The monoisotopic (exact) mass is 331 g/mol. The van der Waals surface area contributed by atoms with Crippen molar-refractivity contribution in [2.45, 2.75) is 23.4 Å². The Kier molecular flexibility index (Phi) is 4.95. The minimum absolute atomic E-state index is 0.0605. The molecule has 1 heterocycles. The van der Waals surface area contributed by atoms with Crippen LogP contribution in [0.2, 0.25) is 0 Å². The van der Waals surface area contributed by atoms with E-state index in [1.54, 1.807) is 0 Å². The summed E-state index contributed by atoms with van der Waals surface area (Å²) in [6.07, 6.45) is 0. The van der Waals surface area contributed by atoms with Crippen LogP contribution in [0, 0.1) is 0 Å². The first-order valence-corrected chi connectivity index (χ1v) is 7.75. The Hall–Kier alpha value is -1.47. The number of thioether (sulfide) groups is 1. The van der Waals surface area contributed by atoms with Gasteiger partial charge in [-0.3, -0.25) is 4.79 Å². The summed E-state index contributed by atoms with van der Waals surface area (Å²) >= 11 is 1.34. The van der Waals surface area contributed by atoms with Crippen LogP contribution in [0.1, 0.15) is 28.2 Å². The summed E-state index contributed by atoms with van der Waals surface area (Å²) in [7, 11) is 0. The Labute approximate surface area is 128 Å². The molecule has 0 bridgehead atoms. The van der Waals surface area contributed by atoms with Crippen molar-refractivity contribution in [3.8, 4) is 0 Å². The van der Waals surface area contributed by atoms with E-state index < -0.39 is 5.51 Å². The number of amides is 1. The van der Waals surface area contributed by atoms with Gasteiger partial charge in [-0.15, -0.1) is 11.3 Å². The fraction of sp³-hybridized carbons (Fsp3) is 0.214. The summed E-state index contributed by atoms with van der Waals surface area (Å²) in [5.41, 5.74) is -3.98. The van der Waals surface area contributed by atoms with Gasteiger partial charge in [-0.1, -0.05) is 6.07 Å². The third-order valence-corrected chi connectivity index (χ3v) is 4.46. The van der Waals surface area contributed by atoms with Crippen LogP contribution in [-0.2, 0) is 0 Å². The predicted octanol–water partition coefficient (Wildman–Crippen LogP) is 4.85. The highest BCUT2D eigenvalue weighted by Gasteiger charge is 2.29. The summed E-state index contributed by atoms with van der Waals surface area (Å²) in [6.45, 7) is 1.86. The van der Waals surface area contributed by atoms with Crippen LogP contribution in [-0.4, -0.2) is 11.4 Å². The molecule has 1 aromatic heterocycles. The predicted molar refractivity (Wildman–Crippen MR) is 78.6 cm³/mol. The normalized spacial score (nSPS) is 13.0. The largest absolute Gasteiger partial charge is 0.446 e. The smallest absolute Gasteiger partial charge is 0.345 e. The molecule has 7 heteroatoms. The Morgan fingerprint density at radius 1 is 1.24 bits per heavy atom. The molecule has 2 aromatic rings. The van der Waals surface area contributed by atoms with Crippen LogP contribution in [0.4, 0.5) is 13.2 Å². The Bertz CT molecular complexity index is 594. The van der Waals surface area contributed by atoms with Crippen molar-refractivity contribution in [1.82, 2.24) is 5.32 Å². The van der Waals surface area contributed by atoms with Gasteiger partial charge in [-0.05, 0) is 54.4 Å². The molecule has 0 aliphatic rings. The number of rotatable bonds is 4. The molecule has 0 aliphatic carbocycles. The SMILES string of the molecule is CC(NC(=O)c1ccc(SC(F)(F)F)cc1)c1cccs1. The molecule has 112 valence electrons. The fourth-order valence-corrected chi connectivity index (χ4v) is 2.97. The first kappa shape index (κ1) is 15.9. The van der Waals surface area contributed by atoms with Crippen molar-refractivity contribution >= 4 is 29.0 Å². The number of halogens is 3. The fourth-order valence-electron chi connectivity index (χ4n) is 1.70. The van der Waals surface area contributed by atoms with Crippen molar-refractivity contribution in [1.29, 1.82) is 0 Å². The van der Waals surface area contributed by atoms with Crippen molar-refractivity contribution in [3.63, 3.8) is 0 Å². The molecule has 0 saturated heterocycles. The lowest BCUT2D eigenvalue weighted by Crippen LogP contribution is -2.26. The summed E-state index contributed by atoms with van der Waals surface area (Å²) in [4.78, 5) is 13.1. The van der Waals surface area contributed by atoms with Crippen LogP contribution in [0.5, 0.6) is 0 Å². The minimum atomic E-state index is -4.32. The number of hydrogen-bond donors (Lipinski definition) is 1. The average molecular weight is 331 g/mol. The van der Waals surface area contributed by atoms with E-state index in [4.69, 9.17) is 0 Å². The molecule has 1 unspecified atom stereocenters. The first-order valence-electron chi connectivity index (χ1n) is 6.05. The zero-order valence-electron chi connectivity index (χ0n) is 11.0. The maximum Gasteiger partial charge on any atom is 0.446 e. The second-order valence-electron chi connectivity index (χ2n) is 4.28. The van der Waals surface area contributed by atoms with E-state index in [-0.39, 0.29) is 28.6 Å². The third-order valence-electron chi connectivity index (χ3n) is 2.67. The molecule has 2 rings (SSSR count). The van der Waals surface area contributed by atoms with Gasteiger partial charge in [0, 0.05) is 15.3 Å². The molecule has 0 radical (unpaired) electrons. The number of alkyl halides is 3. The van der Waals surface area contributed by atoms with Crippen LogP contribution >= 0.6 is 23.1 Å². The van der Waals surface area contributed by atoms with Crippen molar-refractivity contribution < 1.29 is 18.0 Å². The van der Waals surface area contributed by atoms with E-state index in [1.807, 2.05) is 24.4 Å². The van der Waals surface area contributed by atoms with E-state index in [2.05, 4.69) is 5.32 Å². The van der Waals surface area contributed by atoms with Gasteiger partial charge in [-0.2, -0.15) is 13.2 Å². The van der Waals surface area contributed by atoms with Gasteiger partial charge < -0.3 is 5.32 Å². The molecule has 1 amide bonds. The maximum atomic E-state index is 12.2. The zero-order chi connectivity index (χ0) is 15.5. The number of benzene rings is 1. The van der Waals surface area contributed by atoms with E-state index in [0.717, 1.165) is 4.88 Å². The average Bonchev–Trinajstić information content (AvgIpc) is 2.91. The quantitative estimate of drug-likeness (QED) is 0.811. The highest BCUT2D eigenvalue weighted by Crippen LogP contribution is 2.36. The van der Waals surface area contributed by atoms with E-state index >= 15 is 0 Å². The van der Waals surface area contributed by atoms with Crippen LogP contribution < -0.4 is 5.32 Å². The van der Waals surface area contributed by atoms with Gasteiger partial charge in [0.2, 0.25) is 0 Å². The van der Waals surface area contributed by atoms with Crippen LogP contribution in [0.25, 0.3) is 0 Å². The number of carbonyl (C=O) groups excluding carboxylic acids is 1. The van der Waals surface area contributed by atoms with Crippen LogP contribution in [0.15, 0.2) is 46.7 Å². The number of thiophene rings is 1. The Balaban J connectivity index is 2.00. The summed E-state index contributed by atoms with van der Waals surface area (Å²) in [5, 5.41) is 4.73. The van der Waals surface area contributed by atoms with Gasteiger partial charge in [0.25, 0.3) is 5.91 Å². The Morgan fingerprint density at radius 2 is 1.90 bits per heavy atom. The summed E-state index contributed by atoms with van der Waals surface area (Å²) in [5.74, 6) is -0.306. The second kappa shape index (κ2) is 6.53. The van der Waals surface area contributed by atoms with E-state index in [0.29, 0.717) is 5.56 Å². The van der Waals surface area contributed by atoms with Gasteiger partial charge in [0.15, 0.2) is 0 Å². The van der Waals surface area contributed by atoms with Gasteiger partial charge in [-0.25, -0.2) is 0 Å². The second-order valence-corrected chi connectivity index (χ2v) is 6.40. The zero-order valence-corrected chi connectivity index (χ0v) is 12.6. The molecular formula is C14H12F3NOS2. The van der Waals surface area contributed by atoms with Gasteiger partial charge in [0.1, 0.15) is 0 Å². The lowest BCUT2D eigenvalue weighted by Gasteiger charge is -2.12. The first-order chi connectivity index (χ1) is 9.85. The molecule has 2 nitrogen and oxygen atoms in total. The minimum Gasteiger partial charge on any atom is -0.345 e. The number of carbonyl (C=O) groups is 1. The molecule has 1 atom stereocenters. The molecule has 21 heavy (non-hydrogen) atoms. The molecule has 0 fully saturated rings. The van der Waals surface area contributed by atoms with Crippen LogP contribution in [0.3, 0.4) is 0 Å². The molecule has 0 aliphatic heterocycles. The summed E-state index contributed by atoms with van der Waals surface area (Å²) in [6, 6.07) is 9.05. The van der Waals surface area contributed by atoms with Crippen molar-refractivity contribution in [2.24, 2.45) is 0 Å².